The fourth-order valence-electron chi connectivity index (χ4n) is 5.56. The summed E-state index contributed by atoms with van der Waals surface area (Å²) in [5, 5.41) is 30.2. The molecule has 4 rings (SSSR count). The van der Waals surface area contributed by atoms with Crippen molar-refractivity contribution in [2.45, 2.75) is 57.2 Å². The number of hydrogen-bond donors (Lipinski definition) is 3. The highest BCUT2D eigenvalue weighted by Gasteiger charge is 2.57. The van der Waals surface area contributed by atoms with Crippen molar-refractivity contribution in [1.82, 2.24) is 0 Å². The van der Waals surface area contributed by atoms with Gasteiger partial charge in [0.1, 0.15) is 5.75 Å². The SMILES string of the molecule is C[C@]12CCC3c4ccc(O)cc4CCC3C1C[C@@H](O)[C@@H]2O. The number of aliphatic hydroxyl groups is 2. The van der Waals surface area contributed by atoms with Crippen molar-refractivity contribution < 1.29 is 15.3 Å². The van der Waals surface area contributed by atoms with Crippen molar-refractivity contribution in [3.8, 4) is 5.75 Å². The molecular formula is C18H24O3. The van der Waals surface area contributed by atoms with E-state index in [-0.39, 0.29) is 5.41 Å². The Labute approximate surface area is 125 Å². The molecule has 21 heavy (non-hydrogen) atoms. The summed E-state index contributed by atoms with van der Waals surface area (Å²) in [6, 6.07) is 5.80. The number of aliphatic hydroxyl groups excluding tert-OH is 2. The number of benzene rings is 1. The van der Waals surface area contributed by atoms with Gasteiger partial charge in [-0.05, 0) is 78.5 Å². The van der Waals surface area contributed by atoms with Crippen molar-refractivity contribution >= 4 is 0 Å². The average Bonchev–Trinajstić information content (AvgIpc) is 2.70. The van der Waals surface area contributed by atoms with Gasteiger partial charge in [-0.15, -0.1) is 0 Å². The molecule has 2 fully saturated rings. The first-order valence-electron chi connectivity index (χ1n) is 8.18. The summed E-state index contributed by atoms with van der Waals surface area (Å²) in [5.41, 5.74) is 2.57. The van der Waals surface area contributed by atoms with Gasteiger partial charge >= 0.3 is 0 Å². The third-order valence-corrected chi connectivity index (χ3v) is 6.68. The molecule has 0 radical (unpaired) electrons. The van der Waals surface area contributed by atoms with Gasteiger partial charge in [0, 0.05) is 0 Å². The van der Waals surface area contributed by atoms with E-state index in [4.69, 9.17) is 0 Å². The van der Waals surface area contributed by atoms with Gasteiger partial charge in [0.2, 0.25) is 0 Å². The van der Waals surface area contributed by atoms with Crippen molar-refractivity contribution in [2.75, 3.05) is 0 Å². The van der Waals surface area contributed by atoms with Crippen LogP contribution in [0.25, 0.3) is 0 Å². The van der Waals surface area contributed by atoms with Crippen LogP contribution in [0.15, 0.2) is 18.2 Å². The van der Waals surface area contributed by atoms with Crippen molar-refractivity contribution in [2.24, 2.45) is 17.3 Å². The van der Waals surface area contributed by atoms with E-state index in [2.05, 4.69) is 13.0 Å². The quantitative estimate of drug-likeness (QED) is 0.687. The minimum absolute atomic E-state index is 0.116. The predicted octanol–water partition coefficient (Wildman–Crippen LogP) is 2.58. The zero-order valence-corrected chi connectivity index (χ0v) is 12.5. The number of hydrogen-bond acceptors (Lipinski definition) is 3. The highest BCUT2D eigenvalue weighted by Crippen LogP contribution is 2.60. The molecule has 0 bridgehead atoms. The Hall–Kier alpha value is -1.06. The fraction of sp³-hybridized carbons (Fsp3) is 0.667. The lowest BCUT2D eigenvalue weighted by atomic mass is 9.55. The maximum atomic E-state index is 10.4. The number of phenols is 1. The van der Waals surface area contributed by atoms with Crippen LogP contribution in [0.1, 0.15) is 49.7 Å². The number of rotatable bonds is 0. The van der Waals surface area contributed by atoms with Gasteiger partial charge in [0.25, 0.3) is 0 Å². The van der Waals surface area contributed by atoms with Crippen LogP contribution in [0.4, 0.5) is 0 Å². The normalized spacial score (nSPS) is 44.8. The molecule has 0 amide bonds. The van der Waals surface area contributed by atoms with Gasteiger partial charge in [-0.3, -0.25) is 0 Å². The van der Waals surface area contributed by atoms with Crippen LogP contribution in [0, 0.1) is 17.3 Å². The summed E-state index contributed by atoms with van der Waals surface area (Å²) in [6.07, 6.45) is 3.80. The molecule has 0 saturated heterocycles. The van der Waals surface area contributed by atoms with E-state index in [0.717, 1.165) is 32.1 Å². The standard InChI is InChI=1S/C18H24O3/c1-18-7-6-13-12-5-3-11(19)8-10(12)2-4-14(13)15(18)9-16(20)17(18)21/h3,5,8,13-17,19-21H,2,4,6-7,9H2,1H3/t13?,14?,15?,16-,17+,18+/m1/s1. The Kier molecular flexibility index (Phi) is 2.89. The molecule has 0 aliphatic heterocycles. The molecule has 6 atom stereocenters. The van der Waals surface area contributed by atoms with E-state index in [1.165, 1.54) is 11.1 Å². The lowest BCUT2D eigenvalue weighted by Crippen LogP contribution is -2.44. The highest BCUT2D eigenvalue weighted by atomic mass is 16.3. The molecule has 114 valence electrons. The number of aryl methyl sites for hydroxylation is 1. The van der Waals surface area contributed by atoms with E-state index in [9.17, 15) is 15.3 Å². The number of fused-ring (bicyclic) bond motifs is 5. The van der Waals surface area contributed by atoms with Crippen LogP contribution < -0.4 is 0 Å². The molecule has 3 nitrogen and oxygen atoms in total. The average molecular weight is 288 g/mol. The first kappa shape index (κ1) is 13.6. The summed E-state index contributed by atoms with van der Waals surface area (Å²) in [6.45, 7) is 2.17. The number of aromatic hydroxyl groups is 1. The van der Waals surface area contributed by atoms with Gasteiger partial charge in [-0.25, -0.2) is 0 Å². The Balaban J connectivity index is 1.71. The Morgan fingerprint density at radius 2 is 2.00 bits per heavy atom. The van der Waals surface area contributed by atoms with Gasteiger partial charge in [0.05, 0.1) is 12.2 Å². The molecular weight excluding hydrogens is 264 g/mol. The summed E-state index contributed by atoms with van der Waals surface area (Å²) < 4.78 is 0. The van der Waals surface area contributed by atoms with E-state index < -0.39 is 12.2 Å². The van der Waals surface area contributed by atoms with Gasteiger partial charge in [-0.1, -0.05) is 13.0 Å². The number of phenolic OH excluding ortho intramolecular Hbond substituents is 1. The van der Waals surface area contributed by atoms with Gasteiger partial charge in [-0.2, -0.15) is 0 Å². The predicted molar refractivity (Wildman–Crippen MR) is 80.1 cm³/mol. The molecule has 3 heteroatoms. The van der Waals surface area contributed by atoms with Gasteiger partial charge in [0.15, 0.2) is 0 Å². The first-order chi connectivity index (χ1) is 10.0. The minimum Gasteiger partial charge on any atom is -0.508 e. The summed E-state index contributed by atoms with van der Waals surface area (Å²) in [5.74, 6) is 1.88. The topological polar surface area (TPSA) is 60.7 Å². The molecule has 3 unspecified atom stereocenters. The Morgan fingerprint density at radius 3 is 2.81 bits per heavy atom. The van der Waals surface area contributed by atoms with Crippen LogP contribution in [-0.4, -0.2) is 27.5 Å². The second-order valence-corrected chi connectivity index (χ2v) is 7.59. The van der Waals surface area contributed by atoms with Crippen LogP contribution in [0.5, 0.6) is 5.75 Å². The first-order valence-corrected chi connectivity index (χ1v) is 8.18. The highest BCUT2D eigenvalue weighted by molar-refractivity contribution is 5.40. The summed E-state index contributed by atoms with van der Waals surface area (Å²) in [4.78, 5) is 0. The lowest BCUT2D eigenvalue weighted by Gasteiger charge is -2.49. The monoisotopic (exact) mass is 288 g/mol. The fourth-order valence-corrected chi connectivity index (χ4v) is 5.56. The Bertz CT molecular complexity index is 570. The molecule has 1 aromatic rings. The largest absolute Gasteiger partial charge is 0.508 e. The smallest absolute Gasteiger partial charge is 0.115 e. The van der Waals surface area contributed by atoms with Crippen LogP contribution in [0.2, 0.25) is 0 Å². The van der Waals surface area contributed by atoms with E-state index in [1.807, 2.05) is 6.07 Å². The van der Waals surface area contributed by atoms with Crippen molar-refractivity contribution in [3.05, 3.63) is 29.3 Å². The molecule has 1 aromatic carbocycles. The zero-order valence-electron chi connectivity index (χ0n) is 12.5. The van der Waals surface area contributed by atoms with Crippen LogP contribution >= 0.6 is 0 Å². The second-order valence-electron chi connectivity index (χ2n) is 7.59. The molecule has 0 heterocycles. The molecule has 2 saturated carbocycles. The summed E-state index contributed by atoms with van der Waals surface area (Å²) >= 11 is 0. The maximum absolute atomic E-state index is 10.4. The van der Waals surface area contributed by atoms with Gasteiger partial charge < -0.3 is 15.3 Å². The molecule has 3 aliphatic rings. The lowest BCUT2D eigenvalue weighted by molar-refractivity contribution is -0.0505. The summed E-state index contributed by atoms with van der Waals surface area (Å²) in [7, 11) is 0. The molecule has 0 aromatic heterocycles. The molecule has 3 aliphatic carbocycles. The molecule has 3 N–H and O–H groups in total. The van der Waals surface area contributed by atoms with Crippen molar-refractivity contribution in [3.63, 3.8) is 0 Å². The zero-order chi connectivity index (χ0) is 14.8. The second kappa shape index (κ2) is 4.47. The minimum atomic E-state index is -0.565. The van der Waals surface area contributed by atoms with Crippen LogP contribution in [-0.2, 0) is 6.42 Å². The maximum Gasteiger partial charge on any atom is 0.115 e. The van der Waals surface area contributed by atoms with E-state index in [0.29, 0.717) is 23.5 Å². The van der Waals surface area contributed by atoms with E-state index >= 15 is 0 Å². The Morgan fingerprint density at radius 1 is 1.19 bits per heavy atom. The van der Waals surface area contributed by atoms with E-state index in [1.54, 1.807) is 6.07 Å². The third kappa shape index (κ3) is 1.80. The third-order valence-electron chi connectivity index (χ3n) is 6.68. The molecule has 0 spiro atoms. The van der Waals surface area contributed by atoms with Crippen molar-refractivity contribution in [1.29, 1.82) is 0 Å². The van der Waals surface area contributed by atoms with Crippen LogP contribution in [0.3, 0.4) is 0 Å².